The SMILES string of the molecule is C=C(Br)CNC(=O)N(CCCC(=O)O)C(C)C. The number of halogens is 1. The number of carbonyl (C=O) groups excluding carboxylic acids is 1. The van der Waals surface area contributed by atoms with Gasteiger partial charge in [0, 0.05) is 23.5 Å². The summed E-state index contributed by atoms with van der Waals surface area (Å²) < 4.78 is 0.695. The van der Waals surface area contributed by atoms with Gasteiger partial charge in [-0.15, -0.1) is 0 Å². The van der Waals surface area contributed by atoms with Crippen molar-refractivity contribution in [2.24, 2.45) is 0 Å². The Kier molecular flexibility index (Phi) is 7.61. The van der Waals surface area contributed by atoms with Gasteiger partial charge < -0.3 is 15.3 Å². The van der Waals surface area contributed by atoms with E-state index >= 15 is 0 Å². The highest BCUT2D eigenvalue weighted by molar-refractivity contribution is 9.11. The van der Waals surface area contributed by atoms with E-state index in [1.165, 1.54) is 0 Å². The Morgan fingerprint density at radius 3 is 2.47 bits per heavy atom. The number of nitrogens with one attached hydrogen (secondary N) is 1. The summed E-state index contributed by atoms with van der Waals surface area (Å²) in [5.74, 6) is -0.844. The predicted octanol–water partition coefficient (Wildman–Crippen LogP) is 2.18. The van der Waals surface area contributed by atoms with Crippen LogP contribution in [0.3, 0.4) is 0 Å². The van der Waals surface area contributed by atoms with Crippen molar-refractivity contribution in [3.8, 4) is 0 Å². The third kappa shape index (κ3) is 7.79. The lowest BCUT2D eigenvalue weighted by atomic mass is 10.2. The van der Waals surface area contributed by atoms with Gasteiger partial charge in [0.1, 0.15) is 0 Å². The number of rotatable bonds is 7. The van der Waals surface area contributed by atoms with Crippen LogP contribution in [0.4, 0.5) is 4.79 Å². The van der Waals surface area contributed by atoms with Crippen molar-refractivity contribution in [1.82, 2.24) is 10.2 Å². The average molecular weight is 307 g/mol. The third-order valence-corrected chi connectivity index (χ3v) is 2.39. The minimum atomic E-state index is -0.844. The zero-order valence-electron chi connectivity index (χ0n) is 10.2. The Bertz CT molecular complexity index is 292. The molecule has 0 aromatic carbocycles. The molecule has 0 aromatic heterocycles. The van der Waals surface area contributed by atoms with Crippen LogP contribution in [-0.2, 0) is 4.79 Å². The summed E-state index contributed by atoms with van der Waals surface area (Å²) in [6, 6.07) is -0.168. The Labute approximate surface area is 110 Å². The molecule has 5 nitrogen and oxygen atoms in total. The van der Waals surface area contributed by atoms with Gasteiger partial charge in [-0.05, 0) is 20.3 Å². The number of amides is 2. The van der Waals surface area contributed by atoms with E-state index in [2.05, 4.69) is 27.8 Å². The second kappa shape index (κ2) is 8.11. The van der Waals surface area contributed by atoms with Gasteiger partial charge in [-0.3, -0.25) is 4.79 Å². The number of urea groups is 1. The maximum Gasteiger partial charge on any atom is 0.317 e. The molecule has 0 spiro atoms. The Balaban J connectivity index is 4.17. The van der Waals surface area contributed by atoms with E-state index in [4.69, 9.17) is 5.11 Å². The van der Waals surface area contributed by atoms with Crippen LogP contribution in [0.15, 0.2) is 11.1 Å². The molecule has 0 radical (unpaired) electrons. The highest BCUT2D eigenvalue weighted by atomic mass is 79.9. The van der Waals surface area contributed by atoms with Crippen LogP contribution in [0, 0.1) is 0 Å². The number of aliphatic carboxylic acids is 1. The van der Waals surface area contributed by atoms with Crippen molar-refractivity contribution in [2.75, 3.05) is 13.1 Å². The molecule has 2 N–H and O–H groups in total. The molecule has 0 fully saturated rings. The average Bonchev–Trinajstić information content (AvgIpc) is 2.20. The quantitative estimate of drug-likeness (QED) is 0.757. The van der Waals surface area contributed by atoms with Gasteiger partial charge in [-0.1, -0.05) is 22.5 Å². The maximum absolute atomic E-state index is 11.8. The number of carboxylic acids is 1. The molecule has 17 heavy (non-hydrogen) atoms. The second-order valence-electron chi connectivity index (χ2n) is 3.96. The Hall–Kier alpha value is -1.04. The van der Waals surface area contributed by atoms with Crippen LogP contribution in [0.5, 0.6) is 0 Å². The molecule has 6 heteroatoms. The van der Waals surface area contributed by atoms with Crippen molar-refractivity contribution >= 4 is 27.9 Å². The molecule has 0 aromatic rings. The lowest BCUT2D eigenvalue weighted by molar-refractivity contribution is -0.137. The first kappa shape index (κ1) is 16.0. The molecular weight excluding hydrogens is 288 g/mol. The fraction of sp³-hybridized carbons (Fsp3) is 0.636. The molecule has 2 amide bonds. The molecule has 0 bridgehead atoms. The fourth-order valence-electron chi connectivity index (χ4n) is 1.27. The van der Waals surface area contributed by atoms with E-state index in [-0.39, 0.29) is 18.5 Å². The number of nitrogens with zero attached hydrogens (tertiary/aromatic N) is 1. The molecule has 0 rings (SSSR count). The van der Waals surface area contributed by atoms with Crippen LogP contribution >= 0.6 is 15.9 Å². The highest BCUT2D eigenvalue weighted by Crippen LogP contribution is 2.04. The van der Waals surface area contributed by atoms with Crippen molar-refractivity contribution in [3.05, 3.63) is 11.1 Å². The van der Waals surface area contributed by atoms with E-state index in [0.29, 0.717) is 24.0 Å². The highest BCUT2D eigenvalue weighted by Gasteiger charge is 2.16. The first-order valence-electron chi connectivity index (χ1n) is 5.44. The van der Waals surface area contributed by atoms with Gasteiger partial charge in [0.2, 0.25) is 0 Å². The first-order valence-corrected chi connectivity index (χ1v) is 6.23. The van der Waals surface area contributed by atoms with Crippen LogP contribution in [0.1, 0.15) is 26.7 Å². The van der Waals surface area contributed by atoms with E-state index in [0.717, 1.165) is 0 Å². The lowest BCUT2D eigenvalue weighted by Crippen LogP contribution is -2.44. The van der Waals surface area contributed by atoms with Crippen LogP contribution < -0.4 is 5.32 Å². The normalized spacial score (nSPS) is 10.1. The monoisotopic (exact) mass is 306 g/mol. The summed E-state index contributed by atoms with van der Waals surface area (Å²) in [5.41, 5.74) is 0. The number of hydrogen-bond acceptors (Lipinski definition) is 2. The summed E-state index contributed by atoms with van der Waals surface area (Å²) in [6.45, 7) is 8.20. The minimum Gasteiger partial charge on any atom is -0.481 e. The standard InChI is InChI=1S/C11H19BrN2O3/c1-8(2)14(6-4-5-10(15)16)11(17)13-7-9(3)12/h8H,3-7H2,1-2H3,(H,13,17)(H,15,16). The minimum absolute atomic E-state index is 0.0346. The fourth-order valence-corrected chi connectivity index (χ4v) is 1.41. The van der Waals surface area contributed by atoms with Crippen molar-refractivity contribution in [3.63, 3.8) is 0 Å². The maximum atomic E-state index is 11.8. The molecule has 0 aliphatic rings. The lowest BCUT2D eigenvalue weighted by Gasteiger charge is -2.26. The van der Waals surface area contributed by atoms with Gasteiger partial charge in [-0.2, -0.15) is 0 Å². The molecule has 0 heterocycles. The summed E-state index contributed by atoms with van der Waals surface area (Å²) in [5, 5.41) is 11.2. The van der Waals surface area contributed by atoms with Crippen LogP contribution in [0.25, 0.3) is 0 Å². The number of carbonyl (C=O) groups is 2. The first-order chi connectivity index (χ1) is 7.84. The van der Waals surface area contributed by atoms with Crippen molar-refractivity contribution < 1.29 is 14.7 Å². The van der Waals surface area contributed by atoms with Gasteiger partial charge in [0.15, 0.2) is 0 Å². The topological polar surface area (TPSA) is 69.6 Å². The van der Waals surface area contributed by atoms with Gasteiger partial charge in [0.05, 0.1) is 6.54 Å². The Morgan fingerprint density at radius 1 is 1.47 bits per heavy atom. The van der Waals surface area contributed by atoms with E-state index in [9.17, 15) is 9.59 Å². The molecule has 0 saturated heterocycles. The summed E-state index contributed by atoms with van der Waals surface area (Å²) in [7, 11) is 0. The molecule has 0 aliphatic carbocycles. The largest absolute Gasteiger partial charge is 0.481 e. The van der Waals surface area contributed by atoms with Crippen LogP contribution in [0.2, 0.25) is 0 Å². The molecule has 0 aliphatic heterocycles. The van der Waals surface area contributed by atoms with Crippen molar-refractivity contribution in [2.45, 2.75) is 32.7 Å². The smallest absolute Gasteiger partial charge is 0.317 e. The molecule has 0 atom stereocenters. The molecular formula is C11H19BrN2O3. The van der Waals surface area contributed by atoms with E-state index < -0.39 is 5.97 Å². The molecule has 0 unspecified atom stereocenters. The van der Waals surface area contributed by atoms with Gasteiger partial charge in [-0.25, -0.2) is 4.79 Å². The zero-order valence-corrected chi connectivity index (χ0v) is 11.8. The number of hydrogen-bond donors (Lipinski definition) is 2. The van der Waals surface area contributed by atoms with E-state index in [1.807, 2.05) is 13.8 Å². The predicted molar refractivity (Wildman–Crippen MR) is 70.2 cm³/mol. The summed E-state index contributed by atoms with van der Waals surface area (Å²) in [4.78, 5) is 23.8. The number of carboxylic acid groups (broad SMARTS) is 1. The zero-order chi connectivity index (χ0) is 13.4. The second-order valence-corrected chi connectivity index (χ2v) is 5.08. The molecule has 0 saturated carbocycles. The van der Waals surface area contributed by atoms with Gasteiger partial charge >= 0.3 is 12.0 Å². The summed E-state index contributed by atoms with van der Waals surface area (Å²) >= 11 is 3.16. The van der Waals surface area contributed by atoms with Crippen LogP contribution in [-0.4, -0.2) is 41.1 Å². The van der Waals surface area contributed by atoms with Crippen molar-refractivity contribution in [1.29, 1.82) is 0 Å². The molecule has 98 valence electrons. The third-order valence-electron chi connectivity index (χ3n) is 2.11. The van der Waals surface area contributed by atoms with Gasteiger partial charge in [0.25, 0.3) is 0 Å². The van der Waals surface area contributed by atoms with E-state index in [1.54, 1.807) is 4.90 Å². The summed E-state index contributed by atoms with van der Waals surface area (Å²) in [6.07, 6.45) is 0.526. The Morgan fingerprint density at radius 2 is 2.06 bits per heavy atom.